The van der Waals surface area contributed by atoms with E-state index in [1.807, 2.05) is 24.3 Å². The number of nitrogens with two attached hydrogens (primary N) is 5. The highest BCUT2D eigenvalue weighted by Crippen LogP contribution is 2.18. The molecule has 0 radical (unpaired) electrons. The highest BCUT2D eigenvalue weighted by atomic mass is 35.5. The molecule has 0 spiro atoms. The summed E-state index contributed by atoms with van der Waals surface area (Å²) in [6.45, 7) is 24.0. The maximum absolute atomic E-state index is 13.0. The summed E-state index contributed by atoms with van der Waals surface area (Å²) in [5.41, 5.74) is 27.5. The van der Waals surface area contributed by atoms with Gasteiger partial charge in [-0.05, 0) is 184 Å². The van der Waals surface area contributed by atoms with Gasteiger partial charge >= 0.3 is 24.4 Å². The van der Waals surface area contributed by atoms with Crippen LogP contribution in [0.4, 0.5) is 30.8 Å². The van der Waals surface area contributed by atoms with E-state index in [4.69, 9.17) is 64.0 Å². The molecule has 1 heterocycles. The molecule has 1 aromatic heterocycles. The van der Waals surface area contributed by atoms with Gasteiger partial charge in [0.2, 0.25) is 23.7 Å². The number of nitrogens with one attached hydrogen (secondary N) is 7. The van der Waals surface area contributed by atoms with Gasteiger partial charge in [-0.25, -0.2) is 29.1 Å². The highest BCUT2D eigenvalue weighted by molar-refractivity contribution is 6.31. The number of ether oxygens (including phenoxy) is 5. The fourth-order valence-electron chi connectivity index (χ4n) is 7.55. The number of nitrogen functional groups attached to an aromatic ring is 2. The van der Waals surface area contributed by atoms with Gasteiger partial charge < -0.3 is 63.0 Å². The second-order valence-corrected chi connectivity index (χ2v) is 25.0. The van der Waals surface area contributed by atoms with E-state index < -0.39 is 64.8 Å². The first-order chi connectivity index (χ1) is 41.5. The van der Waals surface area contributed by atoms with Crippen LogP contribution >= 0.6 is 11.6 Å². The number of nitrogens with zero attached hydrogens (tertiary/aromatic N) is 6. The average molecular weight is 1280 g/mol. The van der Waals surface area contributed by atoms with E-state index in [9.17, 15) is 33.6 Å². The van der Waals surface area contributed by atoms with Crippen molar-refractivity contribution in [2.24, 2.45) is 32.2 Å². The number of guanidine groups is 3. The molecule has 30 nitrogen and oxygen atoms in total. The van der Waals surface area contributed by atoms with Crippen molar-refractivity contribution in [2.75, 3.05) is 70.4 Å². The lowest BCUT2D eigenvalue weighted by Crippen LogP contribution is -2.47. The Morgan fingerprint density at radius 1 is 0.539 bits per heavy atom. The molecule has 1 aromatic carbocycles. The largest absolute Gasteiger partial charge is 0.492 e. The molecule has 500 valence electrons. The summed E-state index contributed by atoms with van der Waals surface area (Å²) in [6.07, 6.45) is 2.97. The molecule has 31 heteroatoms. The zero-order valence-electron chi connectivity index (χ0n) is 54.0. The number of aromatic nitrogens is 2. The molecule has 89 heavy (non-hydrogen) atoms. The summed E-state index contributed by atoms with van der Waals surface area (Å²) >= 11 is 5.88. The Bertz CT molecular complexity index is 2520. The van der Waals surface area contributed by atoms with E-state index >= 15 is 0 Å². The Hall–Kier alpha value is -7.83. The van der Waals surface area contributed by atoms with Crippen LogP contribution in [-0.4, -0.2) is 168 Å². The summed E-state index contributed by atoms with van der Waals surface area (Å²) in [4.78, 5) is 111. The Morgan fingerprint density at radius 3 is 1.36 bits per heavy atom. The van der Waals surface area contributed by atoms with Crippen LogP contribution in [0.15, 0.2) is 39.2 Å². The third kappa shape index (κ3) is 37.6. The lowest BCUT2D eigenvalue weighted by atomic mass is 10.1. The van der Waals surface area contributed by atoms with Gasteiger partial charge in [-0.3, -0.25) is 60.8 Å². The molecular weight excluding hydrogens is 1180 g/mol. The number of amides is 7. The van der Waals surface area contributed by atoms with Crippen molar-refractivity contribution in [3.05, 3.63) is 40.7 Å². The maximum Gasteiger partial charge on any atom is 0.414 e. The summed E-state index contributed by atoms with van der Waals surface area (Å²) in [5, 5.41) is 17.9. The van der Waals surface area contributed by atoms with E-state index in [2.05, 4.69) is 67.1 Å². The normalized spacial score (nSPS) is 12.5. The number of rotatable bonds is 30. The van der Waals surface area contributed by atoms with Gasteiger partial charge in [-0.15, -0.1) is 0 Å². The molecular formula is C58H99ClN18O12. The topological polar surface area (TPSA) is 446 Å². The molecule has 0 bridgehead atoms. The van der Waals surface area contributed by atoms with Crippen LogP contribution < -0.4 is 70.6 Å². The number of aliphatic imine (C=N–C) groups is 3. The van der Waals surface area contributed by atoms with E-state index in [1.54, 1.807) is 83.1 Å². The van der Waals surface area contributed by atoms with Gasteiger partial charge in [-0.1, -0.05) is 23.7 Å². The van der Waals surface area contributed by atoms with E-state index in [0.29, 0.717) is 109 Å². The van der Waals surface area contributed by atoms with Crippen LogP contribution in [0, 0.1) is 0 Å². The standard InChI is InChI=1S/C58H99ClN18O12/c1-55(2,3)86-51(81)73-49(74-52(82)87-56(4,5)6)68-29-17-14-22-39(60)45(78)65-31-19-33-77(34-20-32-66-46(79)40(61)23-15-18-30-69-50(75-53(83)88-57(7,8)9)76-54(84)89-58(10,11)12)35-36-85-38-26-24-37(25-27-38)21-13-16-28-67-48(64)72-47(80)41-43(62)71-44(63)42(59)70-41/h24-27,39-40H,13-23,28-36,60-61H2,1-12H3,(H,65,78)(H,66,79)(H4,62,63,71)(H3,64,67,72,80)(H2,68,73,74,81,82)(H2,69,75,76,83,84)/t39-,40-/m1/s1. The van der Waals surface area contributed by atoms with Crippen LogP contribution in [0.25, 0.3) is 0 Å². The van der Waals surface area contributed by atoms with Crippen LogP contribution in [0.3, 0.4) is 0 Å². The minimum absolute atomic E-state index is 0.102. The third-order valence-corrected chi connectivity index (χ3v) is 11.8. The van der Waals surface area contributed by atoms with E-state index in [-0.39, 0.29) is 65.3 Å². The molecule has 2 aromatic rings. The molecule has 7 amide bonds. The number of hydrogen-bond acceptors (Lipinski definition) is 22. The predicted octanol–water partition coefficient (Wildman–Crippen LogP) is 4.86. The minimum atomic E-state index is -0.805. The molecule has 2 atom stereocenters. The van der Waals surface area contributed by atoms with Crippen LogP contribution in [0.2, 0.25) is 5.15 Å². The highest BCUT2D eigenvalue weighted by Gasteiger charge is 2.24. The number of halogens is 1. The molecule has 0 saturated carbocycles. The Labute approximate surface area is 527 Å². The molecule has 17 N–H and O–H groups in total. The number of aryl methyl sites for hydroxylation is 1. The van der Waals surface area contributed by atoms with Crippen LogP contribution in [0.1, 0.15) is 163 Å². The smallest absolute Gasteiger partial charge is 0.414 e. The van der Waals surface area contributed by atoms with E-state index in [1.165, 1.54) is 0 Å². The second-order valence-electron chi connectivity index (χ2n) is 24.6. The van der Waals surface area contributed by atoms with E-state index in [0.717, 1.165) is 18.4 Å². The van der Waals surface area contributed by atoms with Crippen molar-refractivity contribution in [2.45, 2.75) is 188 Å². The van der Waals surface area contributed by atoms with Gasteiger partial charge in [-0.2, -0.15) is 0 Å². The molecule has 0 saturated heterocycles. The van der Waals surface area contributed by atoms with Crippen molar-refractivity contribution < 1.29 is 57.2 Å². The van der Waals surface area contributed by atoms with Crippen LogP contribution in [0.5, 0.6) is 5.75 Å². The summed E-state index contributed by atoms with van der Waals surface area (Å²) in [5.74, 6) is -1.33. The molecule has 0 aliphatic rings. The first kappa shape index (κ1) is 77.3. The third-order valence-electron chi connectivity index (χ3n) is 11.6. The average Bonchev–Trinajstić information content (AvgIpc) is 3.58. The lowest BCUT2D eigenvalue weighted by Gasteiger charge is -2.23. The van der Waals surface area contributed by atoms with Gasteiger partial charge in [0.25, 0.3) is 5.91 Å². The van der Waals surface area contributed by atoms with Crippen LogP contribution in [-0.2, 0) is 35.0 Å². The number of hydrogen-bond donors (Lipinski definition) is 12. The molecule has 0 fully saturated rings. The quantitative estimate of drug-likeness (QED) is 0.0215. The van der Waals surface area contributed by atoms with Gasteiger partial charge in [0.1, 0.15) is 34.8 Å². The van der Waals surface area contributed by atoms with Gasteiger partial charge in [0.15, 0.2) is 28.4 Å². The second kappa shape index (κ2) is 38.6. The van der Waals surface area contributed by atoms with Gasteiger partial charge in [0.05, 0.1) is 12.1 Å². The zero-order chi connectivity index (χ0) is 67.0. The fraction of sp³-hybridized carbons (Fsp3) is 0.655. The fourth-order valence-corrected chi connectivity index (χ4v) is 7.68. The SMILES string of the molecule is CC(C)(C)OC(=O)NC(=NCCCC[C@@H](N)C(=O)NCCCN(CCCNC(=O)[C@H](N)CCCCN=C(NC(=O)OC(C)(C)C)NC(=O)OC(C)(C)C)CCOc1ccc(CCCCN=C(N)NC(=O)c2nc(Cl)c(N)nc2N)cc1)NC(=O)OC(C)(C)C. The zero-order valence-corrected chi connectivity index (χ0v) is 54.7. The maximum atomic E-state index is 13.0. The Morgan fingerprint density at radius 2 is 0.944 bits per heavy atom. The first-order valence-corrected chi connectivity index (χ1v) is 30.1. The van der Waals surface area contributed by atoms with Crippen molar-refractivity contribution >= 4 is 83.2 Å². The predicted molar refractivity (Wildman–Crippen MR) is 342 cm³/mol. The first-order valence-electron chi connectivity index (χ1n) is 29.8. The summed E-state index contributed by atoms with van der Waals surface area (Å²) in [7, 11) is 0. The lowest BCUT2D eigenvalue weighted by molar-refractivity contribution is -0.123. The summed E-state index contributed by atoms with van der Waals surface area (Å²) in [6, 6.07) is 6.20. The number of carbonyl (C=O) groups is 7. The van der Waals surface area contributed by atoms with Crippen molar-refractivity contribution in [3.63, 3.8) is 0 Å². The molecule has 0 aliphatic heterocycles. The molecule has 2 rings (SSSR count). The molecule has 0 aliphatic carbocycles. The number of unbranched alkanes of at least 4 members (excludes halogenated alkanes) is 3. The number of benzene rings is 1. The number of alkyl carbamates (subject to hydrolysis) is 4. The summed E-state index contributed by atoms with van der Waals surface area (Å²) < 4.78 is 27.3. The Balaban J connectivity index is 1.97. The van der Waals surface area contributed by atoms with Crippen molar-refractivity contribution in [1.82, 2.24) is 52.1 Å². The monoisotopic (exact) mass is 1270 g/mol. The molecule has 0 unspecified atom stereocenters. The number of carbonyl (C=O) groups excluding carboxylic acids is 7. The van der Waals surface area contributed by atoms with Crippen molar-refractivity contribution in [1.29, 1.82) is 0 Å². The van der Waals surface area contributed by atoms with Gasteiger partial charge in [0, 0.05) is 39.3 Å². The van der Waals surface area contributed by atoms with Crippen molar-refractivity contribution in [3.8, 4) is 5.75 Å². The number of anilines is 2. The Kier molecular flexibility index (Phi) is 33.5. The minimum Gasteiger partial charge on any atom is -0.492 e.